The van der Waals surface area contributed by atoms with E-state index >= 15 is 0 Å². The summed E-state index contributed by atoms with van der Waals surface area (Å²) >= 11 is 0. The van der Waals surface area contributed by atoms with Crippen molar-refractivity contribution in [2.75, 3.05) is 25.0 Å². The lowest BCUT2D eigenvalue weighted by molar-refractivity contribution is -0.135. The minimum Gasteiger partial charge on any atom is -0.355 e. The van der Waals surface area contributed by atoms with Crippen molar-refractivity contribution in [3.8, 4) is 11.3 Å². The summed E-state index contributed by atoms with van der Waals surface area (Å²) in [7, 11) is 1.89. The van der Waals surface area contributed by atoms with Crippen molar-refractivity contribution in [1.29, 1.82) is 0 Å². The van der Waals surface area contributed by atoms with Crippen LogP contribution in [-0.2, 0) is 11.3 Å². The number of carbonyl (C=O) groups excluding carboxylic acids is 1. The van der Waals surface area contributed by atoms with E-state index in [1.54, 1.807) is 12.4 Å². The van der Waals surface area contributed by atoms with E-state index in [1.165, 1.54) is 0 Å². The van der Waals surface area contributed by atoms with Crippen LogP contribution in [0.3, 0.4) is 0 Å². The summed E-state index contributed by atoms with van der Waals surface area (Å²) in [5.41, 5.74) is 3.00. The molecule has 148 valence electrons. The molecule has 29 heavy (non-hydrogen) atoms. The Labute approximate surface area is 171 Å². The van der Waals surface area contributed by atoms with Gasteiger partial charge in [0.2, 0.25) is 5.91 Å². The number of nitrogens with zero attached hydrogens (tertiary/aromatic N) is 5. The molecule has 0 spiro atoms. The second-order valence-electron chi connectivity index (χ2n) is 7.45. The van der Waals surface area contributed by atoms with E-state index < -0.39 is 0 Å². The Morgan fingerprint density at radius 2 is 1.72 bits per heavy atom. The van der Waals surface area contributed by atoms with Crippen molar-refractivity contribution in [1.82, 2.24) is 20.1 Å². The quantitative estimate of drug-likeness (QED) is 0.671. The highest BCUT2D eigenvalue weighted by Crippen LogP contribution is 2.24. The third-order valence-electron chi connectivity index (χ3n) is 5.43. The van der Waals surface area contributed by atoms with Gasteiger partial charge in [0.1, 0.15) is 0 Å². The highest BCUT2D eigenvalue weighted by Gasteiger charge is 2.27. The molecular weight excluding hydrogens is 362 g/mol. The van der Waals surface area contributed by atoms with Crippen molar-refractivity contribution in [2.24, 2.45) is 5.92 Å². The number of piperidine rings is 1. The monoisotopic (exact) mass is 387 g/mol. The number of hydrogen-bond donors (Lipinski definition) is 0. The highest BCUT2D eigenvalue weighted by atomic mass is 16.2. The van der Waals surface area contributed by atoms with E-state index in [0.717, 1.165) is 48.6 Å². The lowest BCUT2D eigenvalue weighted by Gasteiger charge is -2.33. The van der Waals surface area contributed by atoms with Crippen LogP contribution >= 0.6 is 0 Å². The Kier molecular flexibility index (Phi) is 5.79. The van der Waals surface area contributed by atoms with Crippen molar-refractivity contribution in [3.63, 3.8) is 0 Å². The molecule has 0 bridgehead atoms. The maximum absolute atomic E-state index is 12.8. The van der Waals surface area contributed by atoms with Gasteiger partial charge in [0.05, 0.1) is 5.69 Å². The number of anilines is 1. The van der Waals surface area contributed by atoms with Crippen LogP contribution < -0.4 is 4.90 Å². The molecule has 6 nitrogen and oxygen atoms in total. The van der Waals surface area contributed by atoms with E-state index in [4.69, 9.17) is 0 Å². The lowest BCUT2D eigenvalue weighted by atomic mass is 9.95. The average molecular weight is 387 g/mol. The molecule has 0 N–H and O–H groups in total. The van der Waals surface area contributed by atoms with Crippen LogP contribution in [0.25, 0.3) is 11.3 Å². The average Bonchev–Trinajstić information content (AvgIpc) is 2.80. The van der Waals surface area contributed by atoms with Crippen LogP contribution in [0.15, 0.2) is 67.0 Å². The van der Waals surface area contributed by atoms with Gasteiger partial charge in [0.15, 0.2) is 5.82 Å². The molecule has 0 saturated carbocycles. The van der Waals surface area contributed by atoms with Gasteiger partial charge in [-0.05, 0) is 42.7 Å². The Bertz CT molecular complexity index is 923. The van der Waals surface area contributed by atoms with Gasteiger partial charge in [0.25, 0.3) is 0 Å². The molecule has 1 aliphatic rings. The summed E-state index contributed by atoms with van der Waals surface area (Å²) in [6.07, 6.45) is 5.18. The van der Waals surface area contributed by atoms with Crippen LogP contribution in [-0.4, -0.2) is 46.1 Å². The largest absolute Gasteiger partial charge is 0.355 e. The van der Waals surface area contributed by atoms with Crippen LogP contribution in [0.5, 0.6) is 0 Å². The smallest absolute Gasteiger partial charge is 0.225 e. The van der Waals surface area contributed by atoms with E-state index in [9.17, 15) is 4.79 Å². The van der Waals surface area contributed by atoms with Crippen molar-refractivity contribution >= 4 is 11.7 Å². The molecule has 1 aromatic carbocycles. The molecule has 3 heterocycles. The first-order valence-corrected chi connectivity index (χ1v) is 9.98. The van der Waals surface area contributed by atoms with Crippen molar-refractivity contribution < 1.29 is 4.79 Å². The number of amides is 1. The standard InChI is InChI=1S/C23H25N5O/c1-27(17-18-5-3-2-4-6-18)23(29)20-11-15-28(16-12-20)22-8-7-21(25-26-22)19-9-13-24-14-10-19/h2-10,13-14,20H,11-12,15-17H2,1H3. The fourth-order valence-electron chi connectivity index (χ4n) is 3.77. The Morgan fingerprint density at radius 3 is 2.38 bits per heavy atom. The Morgan fingerprint density at radius 1 is 1.00 bits per heavy atom. The number of hydrogen-bond acceptors (Lipinski definition) is 5. The zero-order chi connectivity index (χ0) is 20.1. The van der Waals surface area contributed by atoms with Gasteiger partial charge in [-0.3, -0.25) is 9.78 Å². The summed E-state index contributed by atoms with van der Waals surface area (Å²) in [4.78, 5) is 20.9. The van der Waals surface area contributed by atoms with Gasteiger partial charge in [-0.1, -0.05) is 30.3 Å². The van der Waals surface area contributed by atoms with E-state index in [0.29, 0.717) is 6.54 Å². The molecule has 1 aliphatic heterocycles. The highest BCUT2D eigenvalue weighted by molar-refractivity contribution is 5.79. The SMILES string of the molecule is CN(Cc1ccccc1)C(=O)C1CCN(c2ccc(-c3ccncc3)nn2)CC1. The number of aromatic nitrogens is 3. The number of rotatable bonds is 5. The summed E-state index contributed by atoms with van der Waals surface area (Å²) in [6.45, 7) is 2.29. The van der Waals surface area contributed by atoms with Gasteiger partial charge < -0.3 is 9.80 Å². The van der Waals surface area contributed by atoms with E-state index in [2.05, 4.69) is 32.2 Å². The van der Waals surface area contributed by atoms with Gasteiger partial charge in [-0.25, -0.2) is 0 Å². The Hall–Kier alpha value is -3.28. The molecule has 1 saturated heterocycles. The normalized spacial score (nSPS) is 14.6. The van der Waals surface area contributed by atoms with Crippen LogP contribution in [0, 0.1) is 5.92 Å². The van der Waals surface area contributed by atoms with Crippen LogP contribution in [0.1, 0.15) is 18.4 Å². The minimum absolute atomic E-state index is 0.0732. The first kappa shape index (κ1) is 19.1. The molecule has 1 fully saturated rings. The van der Waals surface area contributed by atoms with Crippen LogP contribution in [0.2, 0.25) is 0 Å². The zero-order valence-electron chi connectivity index (χ0n) is 16.6. The number of carbonyl (C=O) groups is 1. The predicted molar refractivity (Wildman–Crippen MR) is 113 cm³/mol. The molecule has 0 atom stereocenters. The van der Waals surface area contributed by atoms with Gasteiger partial charge >= 0.3 is 0 Å². The van der Waals surface area contributed by atoms with E-state index in [1.807, 2.05) is 54.4 Å². The maximum atomic E-state index is 12.8. The molecule has 0 radical (unpaired) electrons. The molecule has 2 aromatic heterocycles. The fraction of sp³-hybridized carbons (Fsp3) is 0.304. The van der Waals surface area contributed by atoms with E-state index in [-0.39, 0.29) is 11.8 Å². The first-order valence-electron chi connectivity index (χ1n) is 9.98. The molecular formula is C23H25N5O. The fourth-order valence-corrected chi connectivity index (χ4v) is 3.77. The topological polar surface area (TPSA) is 62.2 Å². The summed E-state index contributed by atoms with van der Waals surface area (Å²) in [5, 5.41) is 8.76. The predicted octanol–water partition coefficient (Wildman–Crippen LogP) is 3.41. The second-order valence-corrected chi connectivity index (χ2v) is 7.45. The maximum Gasteiger partial charge on any atom is 0.225 e. The summed E-state index contributed by atoms with van der Waals surface area (Å²) < 4.78 is 0. The zero-order valence-corrected chi connectivity index (χ0v) is 16.6. The molecule has 0 unspecified atom stereocenters. The first-order chi connectivity index (χ1) is 14.2. The Balaban J connectivity index is 1.32. The lowest BCUT2D eigenvalue weighted by Crippen LogP contribution is -2.41. The third kappa shape index (κ3) is 4.59. The van der Waals surface area contributed by atoms with Crippen LogP contribution in [0.4, 0.5) is 5.82 Å². The summed E-state index contributed by atoms with van der Waals surface area (Å²) in [5.74, 6) is 1.17. The van der Waals surface area contributed by atoms with Gasteiger partial charge in [-0.2, -0.15) is 0 Å². The number of pyridine rings is 1. The molecule has 3 aromatic rings. The molecule has 4 rings (SSSR count). The van der Waals surface area contributed by atoms with Gasteiger partial charge in [0, 0.05) is 50.6 Å². The number of benzene rings is 1. The second kappa shape index (κ2) is 8.82. The van der Waals surface area contributed by atoms with Crippen molar-refractivity contribution in [3.05, 3.63) is 72.6 Å². The third-order valence-corrected chi connectivity index (χ3v) is 5.43. The molecule has 0 aliphatic carbocycles. The van der Waals surface area contributed by atoms with Gasteiger partial charge in [-0.15, -0.1) is 10.2 Å². The molecule has 6 heteroatoms. The summed E-state index contributed by atoms with van der Waals surface area (Å²) in [6, 6.07) is 18.0. The minimum atomic E-state index is 0.0732. The van der Waals surface area contributed by atoms with Crippen molar-refractivity contribution in [2.45, 2.75) is 19.4 Å². The molecule has 1 amide bonds.